The van der Waals surface area contributed by atoms with E-state index in [0.717, 1.165) is 31.6 Å². The van der Waals surface area contributed by atoms with Crippen LogP contribution in [0.1, 0.15) is 36.8 Å². The second-order valence-electron chi connectivity index (χ2n) is 6.46. The van der Waals surface area contributed by atoms with Crippen molar-refractivity contribution in [3.05, 3.63) is 53.4 Å². The summed E-state index contributed by atoms with van der Waals surface area (Å²) in [7, 11) is 0. The number of aromatic nitrogens is 1. The molecule has 4 nitrogen and oxygen atoms in total. The van der Waals surface area contributed by atoms with Gasteiger partial charge in [-0.3, -0.25) is 4.79 Å². The molecule has 1 atom stereocenters. The van der Waals surface area contributed by atoms with E-state index in [1.807, 2.05) is 24.0 Å². The molecule has 4 heteroatoms. The van der Waals surface area contributed by atoms with Crippen molar-refractivity contribution in [2.24, 2.45) is 0 Å². The first-order chi connectivity index (χ1) is 10.6. The first-order valence-corrected chi connectivity index (χ1v) is 7.82. The maximum Gasteiger partial charge on any atom is 0.230 e. The molecule has 0 spiro atoms. The van der Waals surface area contributed by atoms with Gasteiger partial charge in [-0.2, -0.15) is 0 Å². The minimum Gasteiger partial charge on any atom is -0.361 e. The van der Waals surface area contributed by atoms with Gasteiger partial charge in [0.05, 0.1) is 12.1 Å². The average molecular weight is 298 g/mol. The van der Waals surface area contributed by atoms with Crippen molar-refractivity contribution in [1.29, 1.82) is 0 Å². The molecule has 1 unspecified atom stereocenters. The van der Waals surface area contributed by atoms with Crippen molar-refractivity contribution < 1.29 is 9.32 Å². The van der Waals surface area contributed by atoms with E-state index in [2.05, 4.69) is 36.3 Å². The van der Waals surface area contributed by atoms with Crippen LogP contribution >= 0.6 is 0 Å². The summed E-state index contributed by atoms with van der Waals surface area (Å²) >= 11 is 0. The van der Waals surface area contributed by atoms with E-state index in [-0.39, 0.29) is 11.3 Å². The molecule has 0 radical (unpaired) electrons. The van der Waals surface area contributed by atoms with Crippen molar-refractivity contribution >= 4 is 5.91 Å². The van der Waals surface area contributed by atoms with Crippen LogP contribution in [-0.2, 0) is 16.6 Å². The van der Waals surface area contributed by atoms with Gasteiger partial charge in [0.1, 0.15) is 5.76 Å². The highest BCUT2D eigenvalue weighted by Crippen LogP contribution is 2.33. The SMILES string of the molecule is Cc1cc(CC(=O)N2CCCC(C)(c3ccccc3)C2)on1. The van der Waals surface area contributed by atoms with Gasteiger partial charge in [-0.05, 0) is 25.3 Å². The summed E-state index contributed by atoms with van der Waals surface area (Å²) in [5.41, 5.74) is 2.16. The lowest BCUT2D eigenvalue weighted by Crippen LogP contribution is -2.47. The highest BCUT2D eigenvalue weighted by atomic mass is 16.5. The zero-order chi connectivity index (χ0) is 15.6. The molecule has 22 heavy (non-hydrogen) atoms. The van der Waals surface area contributed by atoms with Crippen LogP contribution in [0.4, 0.5) is 0 Å². The molecule has 3 rings (SSSR count). The highest BCUT2D eigenvalue weighted by Gasteiger charge is 2.34. The van der Waals surface area contributed by atoms with Crippen molar-refractivity contribution in [1.82, 2.24) is 10.1 Å². The summed E-state index contributed by atoms with van der Waals surface area (Å²) in [5, 5.41) is 3.85. The summed E-state index contributed by atoms with van der Waals surface area (Å²) in [6.45, 7) is 5.71. The molecule has 1 fully saturated rings. The molecule has 0 aliphatic carbocycles. The first-order valence-electron chi connectivity index (χ1n) is 7.82. The van der Waals surface area contributed by atoms with E-state index in [4.69, 9.17) is 4.52 Å². The van der Waals surface area contributed by atoms with Crippen molar-refractivity contribution in [2.45, 2.75) is 38.5 Å². The molecule has 0 N–H and O–H groups in total. The van der Waals surface area contributed by atoms with Crippen LogP contribution < -0.4 is 0 Å². The minimum absolute atomic E-state index is 0.0342. The van der Waals surface area contributed by atoms with E-state index in [1.165, 1.54) is 5.56 Å². The molecule has 1 saturated heterocycles. The Hall–Kier alpha value is -2.10. The highest BCUT2D eigenvalue weighted by molar-refractivity contribution is 5.78. The first kappa shape index (κ1) is 14.8. The minimum atomic E-state index is 0.0342. The number of carbonyl (C=O) groups excluding carboxylic acids is 1. The van der Waals surface area contributed by atoms with Gasteiger partial charge in [0.2, 0.25) is 5.91 Å². The largest absolute Gasteiger partial charge is 0.361 e. The second kappa shape index (κ2) is 5.95. The third kappa shape index (κ3) is 3.06. The molecule has 1 amide bonds. The summed E-state index contributed by atoms with van der Waals surface area (Å²) in [4.78, 5) is 14.5. The van der Waals surface area contributed by atoms with Crippen molar-refractivity contribution in [3.63, 3.8) is 0 Å². The summed E-state index contributed by atoms with van der Waals surface area (Å²) in [6.07, 6.45) is 2.44. The molecular weight excluding hydrogens is 276 g/mol. The topological polar surface area (TPSA) is 46.3 Å². The van der Waals surface area contributed by atoms with E-state index >= 15 is 0 Å². The summed E-state index contributed by atoms with van der Waals surface area (Å²) in [5.74, 6) is 0.771. The van der Waals surface area contributed by atoms with Crippen LogP contribution in [0, 0.1) is 6.92 Å². The molecule has 0 bridgehead atoms. The number of likely N-dealkylation sites (tertiary alicyclic amines) is 1. The van der Waals surface area contributed by atoms with Crippen LogP contribution in [-0.4, -0.2) is 29.1 Å². The van der Waals surface area contributed by atoms with Gasteiger partial charge in [0.25, 0.3) is 0 Å². The van der Waals surface area contributed by atoms with Gasteiger partial charge in [-0.1, -0.05) is 42.4 Å². The van der Waals surface area contributed by atoms with Crippen LogP contribution in [0.5, 0.6) is 0 Å². The molecule has 1 aliphatic heterocycles. The number of aryl methyl sites for hydroxylation is 1. The smallest absolute Gasteiger partial charge is 0.230 e. The zero-order valence-electron chi connectivity index (χ0n) is 13.2. The van der Waals surface area contributed by atoms with Crippen molar-refractivity contribution in [3.8, 4) is 0 Å². The second-order valence-corrected chi connectivity index (χ2v) is 6.46. The van der Waals surface area contributed by atoms with Crippen LogP contribution in [0.15, 0.2) is 40.9 Å². The summed E-state index contributed by atoms with van der Waals surface area (Å²) in [6, 6.07) is 12.3. The number of hydrogen-bond acceptors (Lipinski definition) is 3. The molecule has 2 aromatic rings. The van der Waals surface area contributed by atoms with E-state index in [0.29, 0.717) is 12.2 Å². The van der Waals surface area contributed by atoms with Crippen LogP contribution in [0.25, 0.3) is 0 Å². The van der Waals surface area contributed by atoms with Gasteiger partial charge in [-0.25, -0.2) is 0 Å². The Labute approximate surface area is 131 Å². The number of rotatable bonds is 3. The van der Waals surface area contributed by atoms with Crippen LogP contribution in [0.3, 0.4) is 0 Å². The lowest BCUT2D eigenvalue weighted by molar-refractivity contribution is -0.132. The molecule has 1 aromatic carbocycles. The quantitative estimate of drug-likeness (QED) is 0.874. The number of piperidine rings is 1. The predicted octanol–water partition coefficient (Wildman–Crippen LogP) is 3.11. The third-order valence-electron chi connectivity index (χ3n) is 4.52. The fourth-order valence-electron chi connectivity index (χ4n) is 3.29. The van der Waals surface area contributed by atoms with Crippen LogP contribution in [0.2, 0.25) is 0 Å². The molecular formula is C18H22N2O2. The third-order valence-corrected chi connectivity index (χ3v) is 4.52. The molecule has 116 valence electrons. The number of benzene rings is 1. The normalized spacial score (nSPS) is 21.8. The van der Waals surface area contributed by atoms with E-state index in [1.54, 1.807) is 0 Å². The number of hydrogen-bond donors (Lipinski definition) is 0. The Kier molecular flexibility index (Phi) is 4.01. The lowest BCUT2D eigenvalue weighted by atomic mass is 9.76. The number of amides is 1. The fraction of sp³-hybridized carbons (Fsp3) is 0.444. The molecule has 1 aromatic heterocycles. The van der Waals surface area contributed by atoms with E-state index < -0.39 is 0 Å². The van der Waals surface area contributed by atoms with Gasteiger partial charge in [0.15, 0.2) is 0 Å². The lowest BCUT2D eigenvalue weighted by Gasteiger charge is -2.41. The standard InChI is InChI=1S/C18H22N2O2/c1-14-11-16(22-19-14)12-17(21)20-10-6-9-18(2,13-20)15-7-4-3-5-8-15/h3-5,7-8,11H,6,9-10,12-13H2,1-2H3. The van der Waals surface area contributed by atoms with E-state index in [9.17, 15) is 4.79 Å². The fourth-order valence-corrected chi connectivity index (χ4v) is 3.29. The van der Waals surface area contributed by atoms with Crippen molar-refractivity contribution in [2.75, 3.05) is 13.1 Å². The zero-order valence-corrected chi connectivity index (χ0v) is 13.2. The predicted molar refractivity (Wildman–Crippen MR) is 84.6 cm³/mol. The Morgan fingerprint density at radius 2 is 2.14 bits per heavy atom. The van der Waals surface area contributed by atoms with Gasteiger partial charge in [0, 0.05) is 24.6 Å². The Balaban J connectivity index is 1.71. The van der Waals surface area contributed by atoms with Gasteiger partial charge in [-0.15, -0.1) is 0 Å². The Morgan fingerprint density at radius 1 is 1.36 bits per heavy atom. The average Bonchev–Trinajstić information content (AvgIpc) is 2.93. The monoisotopic (exact) mass is 298 g/mol. The molecule has 2 heterocycles. The maximum absolute atomic E-state index is 12.5. The maximum atomic E-state index is 12.5. The molecule has 0 saturated carbocycles. The Morgan fingerprint density at radius 3 is 2.82 bits per heavy atom. The number of carbonyl (C=O) groups is 1. The van der Waals surface area contributed by atoms with Gasteiger partial charge >= 0.3 is 0 Å². The van der Waals surface area contributed by atoms with Gasteiger partial charge < -0.3 is 9.42 Å². The summed E-state index contributed by atoms with van der Waals surface area (Å²) < 4.78 is 5.16. The number of nitrogens with zero attached hydrogens (tertiary/aromatic N) is 2. The Bertz CT molecular complexity index is 650. The molecule has 1 aliphatic rings.